The second-order valence-corrected chi connectivity index (χ2v) is 5.74. The minimum Gasteiger partial charge on any atom is -0.342 e. The van der Waals surface area contributed by atoms with Crippen LogP contribution in [-0.4, -0.2) is 43.8 Å². The fourth-order valence-corrected chi connectivity index (χ4v) is 3.08. The van der Waals surface area contributed by atoms with Gasteiger partial charge in [0.25, 0.3) is 0 Å². The van der Waals surface area contributed by atoms with Crippen LogP contribution in [0.4, 0.5) is 0 Å². The molecule has 0 fully saturated rings. The molecular weight excluding hydrogens is 304 g/mol. The van der Waals surface area contributed by atoms with Gasteiger partial charge in [-0.05, 0) is 18.6 Å². The molecule has 3 aromatic heterocycles. The van der Waals surface area contributed by atoms with E-state index in [1.165, 1.54) is 0 Å². The molecule has 1 aliphatic heterocycles. The molecule has 0 bridgehead atoms. The second kappa shape index (κ2) is 5.42. The maximum absolute atomic E-state index is 11.9. The molecular formula is C17H14N6O. The molecule has 0 aromatic carbocycles. The number of fused-ring (bicyclic) bond motifs is 3. The van der Waals surface area contributed by atoms with E-state index in [-0.39, 0.29) is 12.3 Å². The molecule has 1 aliphatic rings. The number of nitrogens with one attached hydrogen (secondary N) is 1. The number of nitrogens with zero attached hydrogens (tertiary/aromatic N) is 5. The average Bonchev–Trinajstić information content (AvgIpc) is 3.23. The van der Waals surface area contributed by atoms with E-state index >= 15 is 0 Å². The molecule has 1 N–H and O–H groups in total. The highest BCUT2D eigenvalue weighted by molar-refractivity contribution is 6.08. The SMILES string of the molecule is Cc1nc(C2=CCN(C(=O)CC#N)C2)c2c(cnc3nccc32)[nH]1. The Bertz CT molecular complexity index is 1040. The highest BCUT2D eigenvalue weighted by Crippen LogP contribution is 2.30. The van der Waals surface area contributed by atoms with Gasteiger partial charge in [-0.25, -0.2) is 15.0 Å². The fourth-order valence-electron chi connectivity index (χ4n) is 3.08. The number of hydrogen-bond acceptors (Lipinski definition) is 5. The van der Waals surface area contributed by atoms with Gasteiger partial charge < -0.3 is 9.88 Å². The van der Waals surface area contributed by atoms with Crippen molar-refractivity contribution in [3.05, 3.63) is 36.1 Å². The molecule has 7 nitrogen and oxygen atoms in total. The van der Waals surface area contributed by atoms with Crippen molar-refractivity contribution in [3.63, 3.8) is 0 Å². The number of rotatable bonds is 2. The lowest BCUT2D eigenvalue weighted by Gasteiger charge is -2.15. The summed E-state index contributed by atoms with van der Waals surface area (Å²) >= 11 is 0. The number of nitriles is 1. The first-order valence-corrected chi connectivity index (χ1v) is 7.61. The summed E-state index contributed by atoms with van der Waals surface area (Å²) in [4.78, 5) is 30.1. The van der Waals surface area contributed by atoms with Crippen molar-refractivity contribution in [2.24, 2.45) is 0 Å². The number of amides is 1. The monoisotopic (exact) mass is 318 g/mol. The van der Waals surface area contributed by atoms with Crippen LogP contribution in [0.1, 0.15) is 17.9 Å². The molecule has 0 saturated heterocycles. The van der Waals surface area contributed by atoms with E-state index in [1.807, 2.05) is 25.1 Å². The number of carbonyl (C=O) groups excluding carboxylic acids is 1. The normalized spacial score (nSPS) is 14.2. The summed E-state index contributed by atoms with van der Waals surface area (Å²) in [6.07, 6.45) is 5.39. The number of aromatic nitrogens is 4. The lowest BCUT2D eigenvalue weighted by molar-refractivity contribution is -0.128. The first-order valence-electron chi connectivity index (χ1n) is 7.61. The van der Waals surface area contributed by atoms with E-state index in [1.54, 1.807) is 17.3 Å². The lowest BCUT2D eigenvalue weighted by atomic mass is 10.1. The van der Waals surface area contributed by atoms with Crippen molar-refractivity contribution < 1.29 is 4.79 Å². The summed E-state index contributed by atoms with van der Waals surface area (Å²) in [7, 11) is 0. The maximum atomic E-state index is 11.9. The minimum absolute atomic E-state index is 0.0994. The van der Waals surface area contributed by atoms with Crippen molar-refractivity contribution >= 4 is 33.4 Å². The van der Waals surface area contributed by atoms with Crippen LogP contribution in [0.25, 0.3) is 27.5 Å². The van der Waals surface area contributed by atoms with Crippen LogP contribution < -0.4 is 0 Å². The van der Waals surface area contributed by atoms with Gasteiger partial charge >= 0.3 is 0 Å². The smallest absolute Gasteiger partial charge is 0.237 e. The van der Waals surface area contributed by atoms with Gasteiger partial charge in [0.15, 0.2) is 5.65 Å². The van der Waals surface area contributed by atoms with E-state index < -0.39 is 0 Å². The van der Waals surface area contributed by atoms with Crippen LogP contribution in [0, 0.1) is 18.3 Å². The molecule has 0 radical (unpaired) electrons. The predicted molar refractivity (Wildman–Crippen MR) is 88.7 cm³/mol. The minimum atomic E-state index is -0.158. The Hall–Kier alpha value is -3.27. The van der Waals surface area contributed by atoms with Crippen LogP contribution in [0.15, 0.2) is 24.5 Å². The Morgan fingerprint density at radius 1 is 1.46 bits per heavy atom. The van der Waals surface area contributed by atoms with Crippen LogP contribution in [-0.2, 0) is 4.79 Å². The molecule has 4 rings (SSSR count). The molecule has 0 aliphatic carbocycles. The number of aryl methyl sites for hydroxylation is 1. The summed E-state index contributed by atoms with van der Waals surface area (Å²) in [5.41, 5.74) is 3.39. The third-order valence-corrected chi connectivity index (χ3v) is 4.17. The Morgan fingerprint density at radius 2 is 2.33 bits per heavy atom. The largest absolute Gasteiger partial charge is 0.342 e. The van der Waals surface area contributed by atoms with Crippen LogP contribution in [0.5, 0.6) is 0 Å². The van der Waals surface area contributed by atoms with Gasteiger partial charge in [-0.15, -0.1) is 0 Å². The molecule has 118 valence electrons. The molecule has 4 heterocycles. The zero-order valence-electron chi connectivity index (χ0n) is 13.1. The maximum Gasteiger partial charge on any atom is 0.237 e. The molecule has 7 heteroatoms. The van der Waals surface area contributed by atoms with Crippen LogP contribution >= 0.6 is 0 Å². The van der Waals surface area contributed by atoms with Gasteiger partial charge in [0.1, 0.15) is 12.2 Å². The highest BCUT2D eigenvalue weighted by atomic mass is 16.2. The molecule has 24 heavy (non-hydrogen) atoms. The number of hydrogen-bond donors (Lipinski definition) is 1. The van der Waals surface area contributed by atoms with Crippen molar-refractivity contribution in [1.82, 2.24) is 24.8 Å². The van der Waals surface area contributed by atoms with Crippen molar-refractivity contribution in [2.45, 2.75) is 13.3 Å². The Labute approximate surface area is 137 Å². The summed E-state index contributed by atoms with van der Waals surface area (Å²) in [6, 6.07) is 3.83. The standard InChI is InChI=1S/C17H14N6O/c1-10-21-13-8-20-17-12(3-6-19-17)15(13)16(22-10)11-4-7-23(9-11)14(24)2-5-18/h3-4,6,8H,2,7,9H2,1H3,(H,21,22). The van der Waals surface area contributed by atoms with E-state index in [9.17, 15) is 4.79 Å². The van der Waals surface area contributed by atoms with Crippen LogP contribution in [0.3, 0.4) is 0 Å². The van der Waals surface area contributed by atoms with Gasteiger partial charge in [0.2, 0.25) is 5.91 Å². The first-order chi connectivity index (χ1) is 11.7. The Morgan fingerprint density at radius 3 is 3.17 bits per heavy atom. The summed E-state index contributed by atoms with van der Waals surface area (Å²) < 4.78 is 0. The van der Waals surface area contributed by atoms with Gasteiger partial charge in [0, 0.05) is 30.1 Å². The zero-order valence-corrected chi connectivity index (χ0v) is 13.1. The highest BCUT2D eigenvalue weighted by Gasteiger charge is 2.23. The molecule has 0 unspecified atom stereocenters. The third-order valence-electron chi connectivity index (χ3n) is 4.17. The molecule has 1 amide bonds. The zero-order chi connectivity index (χ0) is 16.7. The van der Waals surface area contributed by atoms with Gasteiger partial charge in [-0.1, -0.05) is 6.08 Å². The van der Waals surface area contributed by atoms with E-state index in [4.69, 9.17) is 5.26 Å². The second-order valence-electron chi connectivity index (χ2n) is 5.74. The lowest BCUT2D eigenvalue weighted by Crippen LogP contribution is -2.28. The van der Waals surface area contributed by atoms with Gasteiger partial charge in [-0.3, -0.25) is 4.79 Å². The first kappa shape index (κ1) is 14.3. The van der Waals surface area contributed by atoms with E-state index in [2.05, 4.69) is 19.9 Å². The summed E-state index contributed by atoms with van der Waals surface area (Å²) in [5, 5.41) is 10.6. The van der Waals surface area contributed by atoms with Gasteiger partial charge in [0.05, 0.1) is 23.5 Å². The van der Waals surface area contributed by atoms with Crippen molar-refractivity contribution in [2.75, 3.05) is 13.1 Å². The predicted octanol–water partition coefficient (Wildman–Crippen LogP) is 1.95. The van der Waals surface area contributed by atoms with E-state index in [0.29, 0.717) is 18.7 Å². The molecule has 3 aromatic rings. The Balaban J connectivity index is 1.84. The van der Waals surface area contributed by atoms with Crippen molar-refractivity contribution in [3.8, 4) is 6.07 Å². The van der Waals surface area contributed by atoms with Crippen molar-refractivity contribution in [1.29, 1.82) is 5.26 Å². The summed E-state index contributed by atoms with van der Waals surface area (Å²) in [5.74, 6) is 0.620. The van der Waals surface area contributed by atoms with Crippen LogP contribution in [0.2, 0.25) is 0 Å². The quantitative estimate of drug-likeness (QED) is 0.778. The molecule has 0 saturated carbocycles. The third kappa shape index (κ3) is 2.20. The fraction of sp³-hybridized carbons (Fsp3) is 0.235. The molecule has 0 spiro atoms. The average molecular weight is 318 g/mol. The topological polar surface area (TPSA) is 98.6 Å². The number of H-pyrrole nitrogens is 1. The van der Waals surface area contributed by atoms with Gasteiger partial charge in [-0.2, -0.15) is 5.26 Å². The Kier molecular flexibility index (Phi) is 3.24. The molecule has 0 atom stereocenters. The number of aromatic amines is 1. The number of carbonyl (C=O) groups is 1. The number of pyridine rings is 1. The summed E-state index contributed by atoms with van der Waals surface area (Å²) in [6.45, 7) is 2.86. The van der Waals surface area contributed by atoms with E-state index in [0.717, 1.165) is 33.4 Å².